The monoisotopic (exact) mass is 293 g/mol. The highest BCUT2D eigenvalue weighted by atomic mass is 19.1. The maximum absolute atomic E-state index is 13.3. The highest BCUT2D eigenvalue weighted by molar-refractivity contribution is 5.94. The minimum absolute atomic E-state index is 0.0345. The zero-order chi connectivity index (χ0) is 15.4. The molecule has 1 atom stereocenters. The van der Waals surface area contributed by atoms with Crippen molar-refractivity contribution in [3.05, 3.63) is 35.1 Å². The molecule has 5 heteroatoms. The number of carbonyl (C=O) groups excluding carboxylic acids is 1. The Bertz CT molecular complexity index is 544. The van der Waals surface area contributed by atoms with E-state index in [0.29, 0.717) is 24.1 Å². The first kappa shape index (κ1) is 15.5. The van der Waals surface area contributed by atoms with Gasteiger partial charge in [0.15, 0.2) is 0 Å². The third kappa shape index (κ3) is 3.80. The van der Waals surface area contributed by atoms with Crippen LogP contribution < -0.4 is 0 Å². The smallest absolute Gasteiger partial charge is 0.303 e. The van der Waals surface area contributed by atoms with E-state index in [2.05, 4.69) is 0 Å². The number of aliphatic carboxylic acids is 1. The van der Waals surface area contributed by atoms with Gasteiger partial charge in [-0.2, -0.15) is 0 Å². The normalized spacial score (nSPS) is 18.6. The number of likely N-dealkylation sites (tertiary alicyclic amines) is 1. The number of carboxylic acid groups (broad SMARTS) is 1. The molecule has 0 aliphatic carbocycles. The predicted octanol–water partition coefficient (Wildman–Crippen LogP) is 2.99. The molecule has 4 nitrogen and oxygen atoms in total. The summed E-state index contributed by atoms with van der Waals surface area (Å²) in [5.74, 6) is -1.30. The number of amides is 1. The average Bonchev–Trinajstić information content (AvgIpc) is 2.47. The molecule has 1 aromatic rings. The van der Waals surface area contributed by atoms with Crippen LogP contribution >= 0.6 is 0 Å². The lowest BCUT2D eigenvalue weighted by atomic mass is 9.96. The molecule has 0 aromatic heterocycles. The Labute approximate surface area is 123 Å². The molecule has 1 aliphatic heterocycles. The van der Waals surface area contributed by atoms with E-state index in [9.17, 15) is 14.0 Å². The molecule has 2 rings (SSSR count). The third-order valence-electron chi connectivity index (χ3n) is 3.98. The number of hydrogen-bond acceptors (Lipinski definition) is 2. The lowest BCUT2D eigenvalue weighted by molar-refractivity contribution is -0.137. The number of carbonyl (C=O) groups is 2. The minimum atomic E-state index is -0.842. The number of benzene rings is 1. The van der Waals surface area contributed by atoms with Gasteiger partial charge in [-0.05, 0) is 56.4 Å². The van der Waals surface area contributed by atoms with Gasteiger partial charge in [0.25, 0.3) is 5.91 Å². The lowest BCUT2D eigenvalue weighted by Crippen LogP contribution is -2.44. The second-order valence-electron chi connectivity index (χ2n) is 5.54. The van der Waals surface area contributed by atoms with Crippen molar-refractivity contribution in [3.63, 3.8) is 0 Å². The molecule has 1 amide bonds. The molecule has 1 aliphatic rings. The molecule has 1 fully saturated rings. The molecule has 21 heavy (non-hydrogen) atoms. The quantitative estimate of drug-likeness (QED) is 0.928. The van der Waals surface area contributed by atoms with Crippen LogP contribution in [-0.4, -0.2) is 34.5 Å². The van der Waals surface area contributed by atoms with Crippen molar-refractivity contribution in [2.75, 3.05) is 6.54 Å². The summed E-state index contributed by atoms with van der Waals surface area (Å²) >= 11 is 0. The number of rotatable bonds is 4. The van der Waals surface area contributed by atoms with Crippen LogP contribution in [0.1, 0.15) is 48.0 Å². The molecule has 1 saturated heterocycles. The Morgan fingerprint density at radius 2 is 2.14 bits per heavy atom. The Balaban J connectivity index is 2.13. The van der Waals surface area contributed by atoms with Crippen molar-refractivity contribution in [2.24, 2.45) is 0 Å². The van der Waals surface area contributed by atoms with Crippen LogP contribution in [0.25, 0.3) is 0 Å². The summed E-state index contributed by atoms with van der Waals surface area (Å²) in [6.07, 6.45) is 3.31. The fourth-order valence-electron chi connectivity index (χ4n) is 2.80. The first-order valence-electron chi connectivity index (χ1n) is 7.28. The van der Waals surface area contributed by atoms with Gasteiger partial charge in [0.2, 0.25) is 0 Å². The zero-order valence-corrected chi connectivity index (χ0v) is 12.1. The first-order valence-corrected chi connectivity index (χ1v) is 7.28. The van der Waals surface area contributed by atoms with Crippen molar-refractivity contribution in [3.8, 4) is 0 Å². The van der Waals surface area contributed by atoms with Crippen molar-refractivity contribution < 1.29 is 19.1 Å². The van der Waals surface area contributed by atoms with Gasteiger partial charge in [-0.1, -0.05) is 0 Å². The van der Waals surface area contributed by atoms with E-state index in [-0.39, 0.29) is 24.2 Å². The zero-order valence-electron chi connectivity index (χ0n) is 12.1. The van der Waals surface area contributed by atoms with Crippen molar-refractivity contribution >= 4 is 11.9 Å². The SMILES string of the molecule is Cc1cc(C(=O)N2CCCC[C@H]2CCC(=O)O)ccc1F. The molecule has 0 radical (unpaired) electrons. The molecule has 0 saturated carbocycles. The number of halogens is 1. The summed E-state index contributed by atoms with van der Waals surface area (Å²) in [7, 11) is 0. The molecule has 1 N–H and O–H groups in total. The van der Waals surface area contributed by atoms with E-state index in [0.717, 1.165) is 19.3 Å². The second kappa shape index (κ2) is 6.70. The van der Waals surface area contributed by atoms with E-state index < -0.39 is 5.97 Å². The number of piperidine rings is 1. The van der Waals surface area contributed by atoms with Gasteiger partial charge in [-0.15, -0.1) is 0 Å². The molecule has 0 unspecified atom stereocenters. The van der Waals surface area contributed by atoms with Gasteiger partial charge in [0.1, 0.15) is 5.82 Å². The number of hydrogen-bond donors (Lipinski definition) is 1. The Morgan fingerprint density at radius 3 is 2.81 bits per heavy atom. The van der Waals surface area contributed by atoms with Crippen LogP contribution in [0.15, 0.2) is 18.2 Å². The van der Waals surface area contributed by atoms with Crippen LogP contribution in [0.3, 0.4) is 0 Å². The van der Waals surface area contributed by atoms with Crippen LogP contribution in [0, 0.1) is 12.7 Å². The van der Waals surface area contributed by atoms with E-state index in [1.54, 1.807) is 17.9 Å². The molecular formula is C16H20FNO3. The first-order chi connectivity index (χ1) is 9.99. The molecule has 1 heterocycles. The molecule has 1 aromatic carbocycles. The fraction of sp³-hybridized carbons (Fsp3) is 0.500. The summed E-state index contributed by atoms with van der Waals surface area (Å²) in [6.45, 7) is 2.27. The van der Waals surface area contributed by atoms with Crippen molar-refractivity contribution in [1.82, 2.24) is 4.90 Å². The van der Waals surface area contributed by atoms with Gasteiger partial charge in [-0.3, -0.25) is 9.59 Å². The summed E-state index contributed by atoms with van der Waals surface area (Å²) in [5, 5.41) is 8.81. The molecule has 114 valence electrons. The summed E-state index contributed by atoms with van der Waals surface area (Å²) in [6, 6.07) is 4.32. The number of aryl methyl sites for hydroxylation is 1. The third-order valence-corrected chi connectivity index (χ3v) is 3.98. The van der Waals surface area contributed by atoms with Crippen molar-refractivity contribution in [1.29, 1.82) is 0 Å². The highest BCUT2D eigenvalue weighted by Gasteiger charge is 2.27. The average molecular weight is 293 g/mol. The van der Waals surface area contributed by atoms with E-state index in [1.165, 1.54) is 12.1 Å². The van der Waals surface area contributed by atoms with Crippen molar-refractivity contribution in [2.45, 2.75) is 45.1 Å². The minimum Gasteiger partial charge on any atom is -0.481 e. The second-order valence-corrected chi connectivity index (χ2v) is 5.54. The number of nitrogens with zero attached hydrogens (tertiary/aromatic N) is 1. The maximum Gasteiger partial charge on any atom is 0.303 e. The van der Waals surface area contributed by atoms with E-state index in [1.807, 2.05) is 0 Å². The van der Waals surface area contributed by atoms with Crippen LogP contribution in [0.2, 0.25) is 0 Å². The highest BCUT2D eigenvalue weighted by Crippen LogP contribution is 2.23. The fourth-order valence-corrected chi connectivity index (χ4v) is 2.80. The van der Waals surface area contributed by atoms with Gasteiger partial charge >= 0.3 is 5.97 Å². The summed E-state index contributed by atoms with van der Waals surface area (Å²) in [5.41, 5.74) is 0.913. The van der Waals surface area contributed by atoms with Crippen LogP contribution in [-0.2, 0) is 4.79 Å². The maximum atomic E-state index is 13.3. The van der Waals surface area contributed by atoms with Gasteiger partial charge in [-0.25, -0.2) is 4.39 Å². The standard InChI is InChI=1S/C16H20FNO3/c1-11-10-12(5-7-14(11)17)16(21)18-9-3-2-4-13(18)6-8-15(19)20/h5,7,10,13H,2-4,6,8-9H2,1H3,(H,19,20)/t13-/m0/s1. The number of carboxylic acids is 1. The predicted molar refractivity (Wildman–Crippen MR) is 76.7 cm³/mol. The Morgan fingerprint density at radius 1 is 1.38 bits per heavy atom. The van der Waals surface area contributed by atoms with Crippen LogP contribution in [0.5, 0.6) is 0 Å². The van der Waals surface area contributed by atoms with Crippen LogP contribution in [0.4, 0.5) is 4.39 Å². The van der Waals surface area contributed by atoms with E-state index in [4.69, 9.17) is 5.11 Å². The largest absolute Gasteiger partial charge is 0.481 e. The Kier molecular flexibility index (Phi) is 4.94. The van der Waals surface area contributed by atoms with Gasteiger partial charge in [0.05, 0.1) is 0 Å². The Hall–Kier alpha value is -1.91. The van der Waals surface area contributed by atoms with Gasteiger partial charge < -0.3 is 10.0 Å². The summed E-state index contributed by atoms with van der Waals surface area (Å²) in [4.78, 5) is 25.0. The molecular weight excluding hydrogens is 273 g/mol. The topological polar surface area (TPSA) is 57.6 Å². The molecule has 0 bridgehead atoms. The van der Waals surface area contributed by atoms with E-state index >= 15 is 0 Å². The summed E-state index contributed by atoms with van der Waals surface area (Å²) < 4.78 is 13.3. The lowest BCUT2D eigenvalue weighted by Gasteiger charge is -2.35. The van der Waals surface area contributed by atoms with Gasteiger partial charge in [0, 0.05) is 24.6 Å². The molecule has 0 spiro atoms.